The maximum atomic E-state index is 12.3. The fraction of sp³-hybridized carbons (Fsp3) is 0.217. The number of benzene rings is 2. The third kappa shape index (κ3) is 6.39. The molecule has 1 heterocycles. The lowest BCUT2D eigenvalue weighted by Gasteiger charge is -2.07. The molecule has 0 fully saturated rings. The number of hydrogen-bond acceptors (Lipinski definition) is 3. The van der Waals surface area contributed by atoms with Crippen molar-refractivity contribution in [1.29, 1.82) is 0 Å². The fourth-order valence-corrected chi connectivity index (χ4v) is 3.00. The topological polar surface area (TPSA) is 76.1 Å². The average molecular weight is 426 g/mol. The normalized spacial score (nSPS) is 10.4. The van der Waals surface area contributed by atoms with Gasteiger partial charge in [0.25, 0.3) is 11.6 Å². The summed E-state index contributed by atoms with van der Waals surface area (Å²) in [5.74, 6) is 0.371. The molecule has 0 spiro atoms. The van der Waals surface area contributed by atoms with Gasteiger partial charge >= 0.3 is 0 Å². The lowest BCUT2D eigenvalue weighted by Crippen LogP contribution is -3.00. The third-order valence-corrected chi connectivity index (χ3v) is 4.70. The zero-order valence-electron chi connectivity index (χ0n) is 16.9. The number of pyridine rings is 1. The van der Waals surface area contributed by atoms with Crippen LogP contribution in [0.5, 0.6) is 0 Å². The van der Waals surface area contributed by atoms with Crippen LogP contribution in [0.3, 0.4) is 0 Å². The van der Waals surface area contributed by atoms with E-state index < -0.39 is 4.92 Å². The first-order valence-electron chi connectivity index (χ1n) is 9.52. The minimum atomic E-state index is -0.404. The number of aromatic nitrogens is 1. The molecule has 0 radical (unpaired) electrons. The third-order valence-electron chi connectivity index (χ3n) is 4.70. The van der Waals surface area contributed by atoms with Gasteiger partial charge in [-0.2, -0.15) is 4.57 Å². The number of non-ortho nitro benzene ring substituents is 1. The molecule has 0 saturated heterocycles. The van der Waals surface area contributed by atoms with Crippen LogP contribution < -0.4 is 22.3 Å². The van der Waals surface area contributed by atoms with E-state index in [-0.39, 0.29) is 30.5 Å². The highest BCUT2D eigenvalue weighted by Crippen LogP contribution is 2.17. The number of hydrogen-bond donors (Lipinski definition) is 1. The molecule has 1 amide bonds. The summed E-state index contributed by atoms with van der Waals surface area (Å²) in [6.07, 6.45) is 4.40. The van der Waals surface area contributed by atoms with Gasteiger partial charge in [-0.15, -0.1) is 0 Å². The molecular weight excluding hydrogens is 402 g/mol. The van der Waals surface area contributed by atoms with Gasteiger partial charge in [-0.05, 0) is 41.2 Å². The largest absolute Gasteiger partial charge is 1.00 e. The minimum absolute atomic E-state index is 0. The highest BCUT2D eigenvalue weighted by molar-refractivity contribution is 5.89. The highest BCUT2D eigenvalue weighted by atomic mass is 35.5. The summed E-state index contributed by atoms with van der Waals surface area (Å²) in [7, 11) is 0. The standard InChI is InChI=1S/C23H23N3O3.ClH/c1-17(2)20-5-7-21(8-6-20)24-23(27)16-25-13-11-19(12-14-25)15-18-3-9-22(10-4-18)26(28)29;/h3-14,17H,15-16H2,1-2H3;1H. The van der Waals surface area contributed by atoms with Crippen LogP contribution in [-0.4, -0.2) is 10.8 Å². The van der Waals surface area contributed by atoms with E-state index in [0.29, 0.717) is 12.3 Å². The Bertz CT molecular complexity index is 986. The molecule has 0 aliphatic carbocycles. The van der Waals surface area contributed by atoms with Crippen LogP contribution in [0, 0.1) is 10.1 Å². The maximum Gasteiger partial charge on any atom is 0.290 e. The van der Waals surface area contributed by atoms with Crippen molar-refractivity contribution in [2.75, 3.05) is 5.32 Å². The Balaban J connectivity index is 0.00000320. The van der Waals surface area contributed by atoms with Gasteiger partial charge in [-0.3, -0.25) is 14.9 Å². The van der Waals surface area contributed by atoms with Crippen LogP contribution in [0.2, 0.25) is 0 Å². The first-order chi connectivity index (χ1) is 13.9. The second-order valence-electron chi connectivity index (χ2n) is 7.30. The zero-order chi connectivity index (χ0) is 20.8. The molecule has 1 N–H and O–H groups in total. The van der Waals surface area contributed by atoms with E-state index >= 15 is 0 Å². The molecule has 1 aromatic heterocycles. The molecule has 3 aromatic rings. The Kier molecular flexibility index (Phi) is 8.07. The summed E-state index contributed by atoms with van der Waals surface area (Å²) >= 11 is 0. The Labute approximate surface area is 182 Å². The molecule has 0 bridgehead atoms. The molecule has 7 heteroatoms. The molecule has 0 unspecified atom stereocenters. The zero-order valence-corrected chi connectivity index (χ0v) is 17.7. The Hall–Kier alpha value is -3.25. The minimum Gasteiger partial charge on any atom is -1.00 e. The smallest absolute Gasteiger partial charge is 0.290 e. The second kappa shape index (κ2) is 10.5. The van der Waals surface area contributed by atoms with Gasteiger partial charge in [-0.1, -0.05) is 38.1 Å². The van der Waals surface area contributed by atoms with Crippen LogP contribution in [0.4, 0.5) is 11.4 Å². The summed E-state index contributed by atoms with van der Waals surface area (Å²) in [6.45, 7) is 4.49. The van der Waals surface area contributed by atoms with E-state index in [4.69, 9.17) is 0 Å². The van der Waals surface area contributed by atoms with Gasteiger partial charge in [0.15, 0.2) is 12.4 Å². The number of amides is 1. The number of nitro groups is 1. The quantitative estimate of drug-likeness (QED) is 0.351. The van der Waals surface area contributed by atoms with Crippen LogP contribution in [0.15, 0.2) is 73.1 Å². The van der Waals surface area contributed by atoms with Gasteiger partial charge in [0.1, 0.15) is 0 Å². The van der Waals surface area contributed by atoms with Gasteiger partial charge in [-0.25, -0.2) is 0 Å². The number of nitrogens with one attached hydrogen (secondary N) is 1. The lowest BCUT2D eigenvalue weighted by molar-refractivity contribution is -0.684. The fourth-order valence-electron chi connectivity index (χ4n) is 3.00. The predicted octanol–water partition coefficient (Wildman–Crippen LogP) is 1.24. The van der Waals surface area contributed by atoms with Gasteiger partial charge < -0.3 is 17.7 Å². The SMILES string of the molecule is CC(C)c1ccc(NC(=O)C[n+]2ccc(Cc3ccc([N+](=O)[O-])cc3)cc2)cc1.[Cl-]. The maximum absolute atomic E-state index is 12.3. The highest BCUT2D eigenvalue weighted by Gasteiger charge is 2.11. The Morgan fingerprint density at radius 1 is 0.967 bits per heavy atom. The first kappa shape index (κ1) is 23.0. The van der Waals surface area contributed by atoms with Crippen molar-refractivity contribution in [1.82, 2.24) is 0 Å². The molecule has 0 atom stereocenters. The van der Waals surface area contributed by atoms with Gasteiger partial charge in [0.05, 0.1) is 4.92 Å². The molecule has 0 saturated carbocycles. The first-order valence-corrected chi connectivity index (χ1v) is 9.52. The second-order valence-corrected chi connectivity index (χ2v) is 7.30. The number of rotatable bonds is 7. The van der Waals surface area contributed by atoms with E-state index in [2.05, 4.69) is 19.2 Å². The van der Waals surface area contributed by atoms with E-state index in [1.54, 1.807) is 12.1 Å². The van der Waals surface area contributed by atoms with Gasteiger partial charge in [0, 0.05) is 30.0 Å². The van der Waals surface area contributed by atoms with Crippen molar-refractivity contribution in [3.63, 3.8) is 0 Å². The molecule has 2 aromatic carbocycles. The number of nitro benzene ring substituents is 1. The van der Waals surface area contributed by atoms with E-state index in [0.717, 1.165) is 16.8 Å². The van der Waals surface area contributed by atoms with E-state index in [1.807, 2.05) is 53.4 Å². The van der Waals surface area contributed by atoms with E-state index in [1.165, 1.54) is 17.7 Å². The van der Waals surface area contributed by atoms with Crippen molar-refractivity contribution in [3.8, 4) is 0 Å². The van der Waals surface area contributed by atoms with E-state index in [9.17, 15) is 14.9 Å². The monoisotopic (exact) mass is 425 g/mol. The van der Waals surface area contributed by atoms with Crippen LogP contribution >= 0.6 is 0 Å². The summed E-state index contributed by atoms with van der Waals surface area (Å²) in [4.78, 5) is 22.6. The van der Waals surface area contributed by atoms with Crippen molar-refractivity contribution in [3.05, 3.63) is 99.9 Å². The van der Waals surface area contributed by atoms with Crippen LogP contribution in [0.25, 0.3) is 0 Å². The number of anilines is 1. The molecular formula is C23H24ClN3O3. The molecule has 3 rings (SSSR count). The van der Waals surface area contributed by atoms with Crippen LogP contribution in [-0.2, 0) is 17.8 Å². The molecule has 0 aliphatic heterocycles. The molecule has 156 valence electrons. The molecule has 6 nitrogen and oxygen atoms in total. The van der Waals surface area contributed by atoms with Crippen molar-refractivity contribution in [2.45, 2.75) is 32.7 Å². The number of carbonyl (C=O) groups excluding carboxylic acids is 1. The summed E-state index contributed by atoms with van der Waals surface area (Å²) in [5.41, 5.74) is 4.18. The summed E-state index contributed by atoms with van der Waals surface area (Å²) < 4.78 is 1.82. The number of halogens is 1. The predicted molar refractivity (Wildman–Crippen MR) is 112 cm³/mol. The van der Waals surface area contributed by atoms with Gasteiger partial charge in [0.2, 0.25) is 6.54 Å². The summed E-state index contributed by atoms with van der Waals surface area (Å²) in [5, 5.41) is 13.6. The Morgan fingerprint density at radius 2 is 1.53 bits per heavy atom. The number of carbonyl (C=O) groups is 1. The lowest BCUT2D eigenvalue weighted by atomic mass is 10.0. The molecule has 0 aliphatic rings. The summed E-state index contributed by atoms with van der Waals surface area (Å²) in [6, 6.07) is 18.3. The van der Waals surface area contributed by atoms with Crippen LogP contribution in [0.1, 0.15) is 36.5 Å². The van der Waals surface area contributed by atoms with Crippen molar-refractivity contribution < 1.29 is 26.7 Å². The average Bonchev–Trinajstić information content (AvgIpc) is 2.70. The Morgan fingerprint density at radius 3 is 2.07 bits per heavy atom. The van der Waals surface area contributed by atoms with Crippen molar-refractivity contribution in [2.24, 2.45) is 0 Å². The number of nitrogens with zero attached hydrogens (tertiary/aromatic N) is 2. The molecule has 30 heavy (non-hydrogen) atoms. The van der Waals surface area contributed by atoms with Crippen molar-refractivity contribution >= 4 is 17.3 Å².